The fourth-order valence-electron chi connectivity index (χ4n) is 1.92. The van der Waals surface area contributed by atoms with E-state index in [0.717, 1.165) is 19.3 Å². The molecule has 1 aliphatic heterocycles. The lowest BCUT2D eigenvalue weighted by atomic mass is 10.0. The zero-order valence-electron chi connectivity index (χ0n) is 11.1. The average molecular weight is 263 g/mol. The van der Waals surface area contributed by atoms with E-state index in [1.165, 1.54) is 4.31 Å². The monoisotopic (exact) mass is 263 g/mol. The first-order valence-electron chi connectivity index (χ1n) is 6.30. The maximum Gasteiger partial charge on any atom is 0.279 e. The van der Waals surface area contributed by atoms with Crippen LogP contribution in [0.1, 0.15) is 40.0 Å². The zero-order valence-corrected chi connectivity index (χ0v) is 11.9. The maximum absolute atomic E-state index is 12.2. The summed E-state index contributed by atoms with van der Waals surface area (Å²) in [5.74, 6) is 0.296. The van der Waals surface area contributed by atoms with E-state index >= 15 is 0 Å². The van der Waals surface area contributed by atoms with Gasteiger partial charge in [0, 0.05) is 18.6 Å². The van der Waals surface area contributed by atoms with Gasteiger partial charge in [-0.25, -0.2) is 0 Å². The minimum atomic E-state index is -3.37. The maximum atomic E-state index is 12.2. The molecule has 1 heterocycles. The third-order valence-electron chi connectivity index (χ3n) is 3.44. The second-order valence-electron chi connectivity index (χ2n) is 5.45. The first-order chi connectivity index (χ1) is 7.80. The molecule has 0 bridgehead atoms. The third kappa shape index (κ3) is 4.21. The lowest BCUT2D eigenvalue weighted by Gasteiger charge is -2.34. The van der Waals surface area contributed by atoms with E-state index in [2.05, 4.69) is 4.72 Å². The summed E-state index contributed by atoms with van der Waals surface area (Å²) in [5.41, 5.74) is 5.23. The highest BCUT2D eigenvalue weighted by Gasteiger charge is 2.31. The van der Waals surface area contributed by atoms with Crippen molar-refractivity contribution in [3.63, 3.8) is 0 Å². The lowest BCUT2D eigenvalue weighted by Crippen LogP contribution is -2.53. The second-order valence-corrected chi connectivity index (χ2v) is 7.12. The minimum absolute atomic E-state index is 0.296. The van der Waals surface area contributed by atoms with Crippen LogP contribution in [0.4, 0.5) is 0 Å². The summed E-state index contributed by atoms with van der Waals surface area (Å²) in [6.07, 6.45) is 2.69. The van der Waals surface area contributed by atoms with Gasteiger partial charge in [-0.2, -0.15) is 17.4 Å². The van der Waals surface area contributed by atoms with Gasteiger partial charge in [0.2, 0.25) is 0 Å². The van der Waals surface area contributed by atoms with Gasteiger partial charge >= 0.3 is 0 Å². The van der Waals surface area contributed by atoms with Gasteiger partial charge in [0.05, 0.1) is 0 Å². The van der Waals surface area contributed by atoms with Gasteiger partial charge in [-0.05, 0) is 45.6 Å². The van der Waals surface area contributed by atoms with Crippen LogP contribution in [0.5, 0.6) is 0 Å². The smallest absolute Gasteiger partial charge is 0.279 e. The quantitative estimate of drug-likeness (QED) is 0.766. The Kier molecular flexibility index (Phi) is 4.95. The highest BCUT2D eigenvalue weighted by Crippen LogP contribution is 2.19. The molecular weight excluding hydrogens is 238 g/mol. The Morgan fingerprint density at radius 2 is 2.12 bits per heavy atom. The Labute approximate surface area is 105 Å². The Hall–Kier alpha value is -0.170. The van der Waals surface area contributed by atoms with Crippen molar-refractivity contribution in [1.29, 1.82) is 0 Å². The normalized spacial score (nSPS) is 23.9. The molecule has 0 aromatic heterocycles. The van der Waals surface area contributed by atoms with Crippen LogP contribution >= 0.6 is 0 Å². The lowest BCUT2D eigenvalue weighted by molar-refractivity contribution is 0.263. The van der Waals surface area contributed by atoms with Gasteiger partial charge in [0.1, 0.15) is 0 Å². The molecule has 0 spiro atoms. The molecule has 1 rings (SSSR count). The number of nitrogens with two attached hydrogens (primary N) is 1. The summed E-state index contributed by atoms with van der Waals surface area (Å²) in [5, 5.41) is 0. The molecule has 1 saturated heterocycles. The van der Waals surface area contributed by atoms with Gasteiger partial charge < -0.3 is 5.73 Å². The predicted molar refractivity (Wildman–Crippen MR) is 69.8 cm³/mol. The Morgan fingerprint density at radius 3 is 2.65 bits per heavy atom. The molecule has 1 aliphatic rings. The largest absolute Gasteiger partial charge is 0.330 e. The molecule has 1 atom stereocenters. The molecule has 1 fully saturated rings. The topological polar surface area (TPSA) is 75.4 Å². The molecule has 0 aromatic rings. The summed E-state index contributed by atoms with van der Waals surface area (Å²) in [6, 6.07) is 0. The molecule has 0 amide bonds. The SMILES string of the molecule is CCC(C)(C)NS(=O)(=O)N1CCCC(CN)C1. The van der Waals surface area contributed by atoms with Crippen LogP contribution in [-0.2, 0) is 10.2 Å². The summed E-state index contributed by atoms with van der Waals surface area (Å²) in [7, 11) is -3.37. The Balaban J connectivity index is 2.70. The number of nitrogens with one attached hydrogen (secondary N) is 1. The molecular formula is C11H25N3O2S. The molecule has 0 radical (unpaired) electrons. The zero-order chi connectivity index (χ0) is 13.1. The van der Waals surface area contributed by atoms with Crippen LogP contribution in [0.3, 0.4) is 0 Å². The molecule has 3 N–H and O–H groups in total. The minimum Gasteiger partial charge on any atom is -0.330 e. The molecule has 1 unspecified atom stereocenters. The van der Waals surface area contributed by atoms with E-state index in [1.807, 2.05) is 20.8 Å². The van der Waals surface area contributed by atoms with Gasteiger partial charge in [0.15, 0.2) is 0 Å². The summed E-state index contributed by atoms with van der Waals surface area (Å²) < 4.78 is 28.7. The van der Waals surface area contributed by atoms with E-state index in [-0.39, 0.29) is 0 Å². The standard InChI is InChI=1S/C11H25N3O2S/c1-4-11(2,3)13-17(15,16)14-7-5-6-10(8-12)9-14/h10,13H,4-9,12H2,1-3H3. The van der Waals surface area contributed by atoms with Crippen molar-refractivity contribution in [1.82, 2.24) is 9.03 Å². The van der Waals surface area contributed by atoms with Crippen LogP contribution in [0.25, 0.3) is 0 Å². The van der Waals surface area contributed by atoms with Gasteiger partial charge in [-0.3, -0.25) is 0 Å². The molecule has 17 heavy (non-hydrogen) atoms. The fourth-order valence-corrected chi connectivity index (χ4v) is 3.67. The van der Waals surface area contributed by atoms with Gasteiger partial charge in [-0.1, -0.05) is 6.92 Å². The molecule has 5 nitrogen and oxygen atoms in total. The van der Waals surface area contributed by atoms with E-state index < -0.39 is 15.7 Å². The van der Waals surface area contributed by atoms with Crippen molar-refractivity contribution in [2.24, 2.45) is 11.7 Å². The number of hydrogen-bond donors (Lipinski definition) is 2. The summed E-state index contributed by atoms with van der Waals surface area (Å²) in [6.45, 7) is 7.48. The first kappa shape index (κ1) is 14.9. The molecule has 0 saturated carbocycles. The van der Waals surface area contributed by atoms with Crippen LogP contribution in [0.2, 0.25) is 0 Å². The van der Waals surface area contributed by atoms with E-state index in [4.69, 9.17) is 5.73 Å². The van der Waals surface area contributed by atoms with Gasteiger partial charge in [0.25, 0.3) is 10.2 Å². The fraction of sp³-hybridized carbons (Fsp3) is 1.00. The average Bonchev–Trinajstić information content (AvgIpc) is 2.28. The Bertz CT molecular complexity index is 341. The number of piperidine rings is 1. The van der Waals surface area contributed by atoms with Crippen LogP contribution in [-0.4, -0.2) is 37.9 Å². The van der Waals surface area contributed by atoms with Crippen molar-refractivity contribution in [3.8, 4) is 0 Å². The van der Waals surface area contributed by atoms with Crippen LogP contribution in [0, 0.1) is 5.92 Å². The summed E-state index contributed by atoms with van der Waals surface area (Å²) in [4.78, 5) is 0. The Morgan fingerprint density at radius 1 is 1.47 bits per heavy atom. The van der Waals surface area contributed by atoms with Crippen molar-refractivity contribution in [2.45, 2.75) is 45.6 Å². The number of rotatable bonds is 5. The van der Waals surface area contributed by atoms with Crippen LogP contribution < -0.4 is 10.5 Å². The van der Waals surface area contributed by atoms with E-state index in [0.29, 0.717) is 25.6 Å². The highest BCUT2D eigenvalue weighted by molar-refractivity contribution is 7.87. The number of hydrogen-bond acceptors (Lipinski definition) is 3. The van der Waals surface area contributed by atoms with E-state index in [9.17, 15) is 8.42 Å². The molecule has 0 aliphatic carbocycles. The van der Waals surface area contributed by atoms with Crippen molar-refractivity contribution < 1.29 is 8.42 Å². The van der Waals surface area contributed by atoms with Crippen molar-refractivity contribution in [3.05, 3.63) is 0 Å². The second kappa shape index (κ2) is 5.65. The molecule has 6 heteroatoms. The summed E-state index contributed by atoms with van der Waals surface area (Å²) >= 11 is 0. The van der Waals surface area contributed by atoms with Crippen molar-refractivity contribution >= 4 is 10.2 Å². The predicted octanol–water partition coefficient (Wildman–Crippen LogP) is 0.680. The third-order valence-corrected chi connectivity index (χ3v) is 5.27. The van der Waals surface area contributed by atoms with Crippen molar-refractivity contribution in [2.75, 3.05) is 19.6 Å². The highest BCUT2D eigenvalue weighted by atomic mass is 32.2. The number of nitrogens with zero attached hydrogens (tertiary/aromatic N) is 1. The molecule has 102 valence electrons. The molecule has 0 aromatic carbocycles. The van der Waals surface area contributed by atoms with Crippen LogP contribution in [0.15, 0.2) is 0 Å². The van der Waals surface area contributed by atoms with E-state index in [1.54, 1.807) is 0 Å². The first-order valence-corrected chi connectivity index (χ1v) is 7.74. The van der Waals surface area contributed by atoms with Gasteiger partial charge in [-0.15, -0.1) is 0 Å².